The van der Waals surface area contributed by atoms with Crippen LogP contribution in [0.3, 0.4) is 0 Å². The number of likely N-dealkylation sites (N-methyl/N-ethyl adjacent to an activating group) is 1. The number of nitrogens with zero attached hydrogens (tertiary/aromatic N) is 1. The molecule has 106 valence electrons. The molecule has 19 heavy (non-hydrogen) atoms. The van der Waals surface area contributed by atoms with Gasteiger partial charge in [0.05, 0.1) is 12.5 Å². The predicted octanol–water partition coefficient (Wildman–Crippen LogP) is -1.71. The Labute approximate surface area is 137 Å². The maximum atomic E-state index is 13.4. The van der Waals surface area contributed by atoms with Gasteiger partial charge in [0.15, 0.2) is 0 Å². The van der Waals surface area contributed by atoms with Crippen LogP contribution >= 0.6 is 0 Å². The molecule has 0 aliphatic carbocycles. The van der Waals surface area contributed by atoms with E-state index in [1.807, 2.05) is 0 Å². The number of hydrogen-bond acceptors (Lipinski definition) is 3. The van der Waals surface area contributed by atoms with Gasteiger partial charge in [-0.3, -0.25) is 4.79 Å². The van der Waals surface area contributed by atoms with Crippen molar-refractivity contribution in [2.24, 2.45) is 0 Å². The van der Waals surface area contributed by atoms with Gasteiger partial charge < -0.3 is 14.8 Å². The first-order chi connectivity index (χ1) is 8.51. The Morgan fingerprint density at radius 3 is 2.32 bits per heavy atom. The molecule has 0 saturated carbocycles. The van der Waals surface area contributed by atoms with Gasteiger partial charge in [0, 0.05) is 13.0 Å². The molecule has 0 radical (unpaired) electrons. The standard InChI is InChI=1S/C13H24FNO3.Na/c1-3-5-6-7-11(14)8-9-12(16)15(4-2)10-13(17)18;/h11H,3-10H2,1-2H3,(H,17,18);/q;+1/p-1. The van der Waals surface area contributed by atoms with Crippen LogP contribution in [0, 0.1) is 0 Å². The van der Waals surface area contributed by atoms with Crippen molar-refractivity contribution in [3.8, 4) is 0 Å². The van der Waals surface area contributed by atoms with E-state index in [-0.39, 0.29) is 48.3 Å². The zero-order valence-electron chi connectivity index (χ0n) is 12.3. The van der Waals surface area contributed by atoms with Crippen LogP contribution in [0.1, 0.15) is 52.4 Å². The largest absolute Gasteiger partial charge is 1.00 e. The first kappa shape index (κ1) is 21.2. The summed E-state index contributed by atoms with van der Waals surface area (Å²) in [6.45, 7) is 3.63. The molecule has 0 aliphatic rings. The topological polar surface area (TPSA) is 60.4 Å². The van der Waals surface area contributed by atoms with E-state index in [0.29, 0.717) is 13.0 Å². The molecule has 0 aromatic carbocycles. The van der Waals surface area contributed by atoms with Gasteiger partial charge >= 0.3 is 29.6 Å². The Balaban J connectivity index is 0. The van der Waals surface area contributed by atoms with E-state index >= 15 is 0 Å². The summed E-state index contributed by atoms with van der Waals surface area (Å²) in [4.78, 5) is 23.2. The monoisotopic (exact) mass is 283 g/mol. The van der Waals surface area contributed by atoms with Crippen molar-refractivity contribution < 1.29 is 48.6 Å². The molecule has 4 nitrogen and oxygen atoms in total. The number of unbranched alkanes of at least 4 members (excludes halogenated alkanes) is 2. The molecule has 0 aliphatic heterocycles. The van der Waals surface area contributed by atoms with Crippen molar-refractivity contribution in [1.82, 2.24) is 4.90 Å². The normalized spacial score (nSPS) is 11.5. The molecular weight excluding hydrogens is 260 g/mol. The SMILES string of the molecule is CCCCCC(F)CCC(=O)N(CC)CC(=O)[O-].[Na+]. The quantitative estimate of drug-likeness (QED) is 0.354. The van der Waals surface area contributed by atoms with Crippen LogP contribution in [0.4, 0.5) is 4.39 Å². The molecule has 1 unspecified atom stereocenters. The summed E-state index contributed by atoms with van der Waals surface area (Å²) in [6, 6.07) is 0. The van der Waals surface area contributed by atoms with E-state index in [4.69, 9.17) is 0 Å². The number of carboxylic acids is 1. The van der Waals surface area contributed by atoms with Crippen molar-refractivity contribution in [1.29, 1.82) is 0 Å². The fourth-order valence-electron chi connectivity index (χ4n) is 1.73. The van der Waals surface area contributed by atoms with Crippen LogP contribution in [-0.4, -0.2) is 36.0 Å². The van der Waals surface area contributed by atoms with E-state index < -0.39 is 18.7 Å². The second-order valence-electron chi connectivity index (χ2n) is 4.41. The van der Waals surface area contributed by atoms with Gasteiger partial charge in [0.25, 0.3) is 0 Å². The zero-order valence-corrected chi connectivity index (χ0v) is 14.3. The van der Waals surface area contributed by atoms with Crippen molar-refractivity contribution in [2.45, 2.75) is 58.5 Å². The van der Waals surface area contributed by atoms with Gasteiger partial charge in [-0.05, 0) is 19.8 Å². The number of aliphatic carboxylic acids is 1. The van der Waals surface area contributed by atoms with Crippen LogP contribution in [0.5, 0.6) is 0 Å². The van der Waals surface area contributed by atoms with E-state index in [2.05, 4.69) is 6.92 Å². The third-order valence-electron chi connectivity index (χ3n) is 2.85. The van der Waals surface area contributed by atoms with Crippen molar-refractivity contribution >= 4 is 11.9 Å². The van der Waals surface area contributed by atoms with Crippen LogP contribution < -0.4 is 34.7 Å². The van der Waals surface area contributed by atoms with E-state index in [1.54, 1.807) is 6.92 Å². The number of carbonyl (C=O) groups is 2. The summed E-state index contributed by atoms with van der Waals surface area (Å²) >= 11 is 0. The maximum Gasteiger partial charge on any atom is 1.00 e. The second kappa shape index (κ2) is 12.9. The number of carbonyl (C=O) groups excluding carboxylic acids is 2. The molecule has 0 bridgehead atoms. The summed E-state index contributed by atoms with van der Waals surface area (Å²) in [5, 5.41) is 10.4. The average molecular weight is 283 g/mol. The number of alkyl halides is 1. The smallest absolute Gasteiger partial charge is 0.548 e. The minimum Gasteiger partial charge on any atom is -0.548 e. The molecule has 0 aromatic rings. The molecular formula is C13H23FNNaO3. The minimum atomic E-state index is -1.29. The predicted molar refractivity (Wildman–Crippen MR) is 65.5 cm³/mol. The van der Waals surface area contributed by atoms with Gasteiger partial charge in [-0.15, -0.1) is 0 Å². The van der Waals surface area contributed by atoms with Gasteiger partial charge in [-0.25, -0.2) is 4.39 Å². The van der Waals surface area contributed by atoms with Crippen LogP contribution in [-0.2, 0) is 9.59 Å². The number of amides is 1. The fourth-order valence-corrected chi connectivity index (χ4v) is 1.73. The molecule has 0 saturated heterocycles. The minimum absolute atomic E-state index is 0. The first-order valence-corrected chi connectivity index (χ1v) is 6.62. The summed E-state index contributed by atoms with van der Waals surface area (Å²) in [6.07, 6.45) is 2.62. The Kier molecular flexibility index (Phi) is 14.4. The molecule has 6 heteroatoms. The number of carboxylic acid groups (broad SMARTS) is 1. The first-order valence-electron chi connectivity index (χ1n) is 6.62. The molecule has 0 aromatic heterocycles. The maximum absolute atomic E-state index is 13.4. The van der Waals surface area contributed by atoms with Gasteiger partial charge in [0.1, 0.15) is 6.17 Å². The summed E-state index contributed by atoms with van der Waals surface area (Å²) in [5.41, 5.74) is 0. The van der Waals surface area contributed by atoms with Crippen molar-refractivity contribution in [3.05, 3.63) is 0 Å². The average Bonchev–Trinajstić information content (AvgIpc) is 2.33. The van der Waals surface area contributed by atoms with Crippen LogP contribution in [0.25, 0.3) is 0 Å². The Morgan fingerprint density at radius 1 is 1.21 bits per heavy atom. The molecule has 0 fully saturated rings. The van der Waals surface area contributed by atoms with Crippen molar-refractivity contribution in [2.75, 3.05) is 13.1 Å². The molecule has 1 atom stereocenters. The fraction of sp³-hybridized carbons (Fsp3) is 0.846. The summed E-state index contributed by atoms with van der Waals surface area (Å²) in [7, 11) is 0. The second-order valence-corrected chi connectivity index (χ2v) is 4.41. The van der Waals surface area contributed by atoms with Gasteiger partial charge in [-0.2, -0.15) is 0 Å². The van der Waals surface area contributed by atoms with Crippen LogP contribution in [0.15, 0.2) is 0 Å². The third kappa shape index (κ3) is 11.4. The molecule has 0 heterocycles. The Bertz CT molecular complexity index is 264. The number of rotatable bonds is 10. The molecule has 0 rings (SSSR count). The Hall–Kier alpha value is -0.130. The molecule has 0 N–H and O–H groups in total. The van der Waals surface area contributed by atoms with Crippen molar-refractivity contribution in [3.63, 3.8) is 0 Å². The number of halogens is 1. The van der Waals surface area contributed by atoms with Gasteiger partial charge in [-0.1, -0.05) is 26.2 Å². The van der Waals surface area contributed by atoms with E-state index in [0.717, 1.165) is 19.3 Å². The summed E-state index contributed by atoms with van der Waals surface area (Å²) in [5.74, 6) is -1.61. The third-order valence-corrected chi connectivity index (χ3v) is 2.85. The van der Waals surface area contributed by atoms with E-state index in [1.165, 1.54) is 4.90 Å². The zero-order chi connectivity index (χ0) is 14.0. The summed E-state index contributed by atoms with van der Waals surface area (Å²) < 4.78 is 13.4. The number of hydrogen-bond donors (Lipinski definition) is 0. The van der Waals surface area contributed by atoms with Crippen LogP contribution in [0.2, 0.25) is 0 Å². The molecule has 1 amide bonds. The Morgan fingerprint density at radius 2 is 1.84 bits per heavy atom. The van der Waals surface area contributed by atoms with Gasteiger partial charge in [0.2, 0.25) is 5.91 Å². The molecule has 0 spiro atoms. The van der Waals surface area contributed by atoms with E-state index in [9.17, 15) is 19.1 Å².